The number of quaternary nitrogens is 1. The molecule has 67 heavy (non-hydrogen) atoms. The van der Waals surface area contributed by atoms with Crippen LogP contribution < -0.4 is 0 Å². The summed E-state index contributed by atoms with van der Waals surface area (Å²) in [6, 6.07) is 0. The minimum absolute atomic E-state index is 0.184. The highest BCUT2D eigenvalue weighted by Crippen LogP contribution is 2.15. The Morgan fingerprint density at radius 2 is 0.851 bits per heavy atom. The van der Waals surface area contributed by atoms with Crippen molar-refractivity contribution in [2.45, 2.75) is 232 Å². The third-order valence-corrected chi connectivity index (χ3v) is 11.4. The maximum Gasteiger partial charge on any atom is 0.361 e. The van der Waals surface area contributed by atoms with Gasteiger partial charge in [-0.2, -0.15) is 0 Å². The van der Waals surface area contributed by atoms with Gasteiger partial charge in [0.1, 0.15) is 13.2 Å². The second kappa shape index (κ2) is 49.2. The molecule has 9 heteroatoms. The Hall–Kier alpha value is -3.27. The van der Waals surface area contributed by atoms with Gasteiger partial charge in [-0.1, -0.05) is 196 Å². The number of unbranched alkanes of at least 4 members (excludes halogenated alkanes) is 22. The molecule has 1 N–H and O–H groups in total. The van der Waals surface area contributed by atoms with E-state index in [2.05, 4.69) is 86.8 Å². The zero-order valence-electron chi connectivity index (χ0n) is 43.8. The van der Waals surface area contributed by atoms with Gasteiger partial charge in [0.15, 0.2) is 6.10 Å². The van der Waals surface area contributed by atoms with E-state index < -0.39 is 24.3 Å². The van der Waals surface area contributed by atoms with E-state index in [1.165, 1.54) is 103 Å². The molecule has 2 atom stereocenters. The number of aliphatic carboxylic acids is 1. The third kappa shape index (κ3) is 50.4. The minimum Gasteiger partial charge on any atom is -0.477 e. The fourth-order valence-corrected chi connectivity index (χ4v) is 7.27. The van der Waals surface area contributed by atoms with Crippen LogP contribution in [0.15, 0.2) is 72.9 Å². The summed E-state index contributed by atoms with van der Waals surface area (Å²) in [6.45, 7) is 4.73. The number of ether oxygens (including phenoxy) is 4. The number of allylic oxidation sites excluding steroid dienone is 12. The zero-order valence-corrected chi connectivity index (χ0v) is 43.8. The first-order valence-corrected chi connectivity index (χ1v) is 27.1. The maximum absolute atomic E-state index is 12.8. The highest BCUT2D eigenvalue weighted by Gasteiger charge is 2.25. The molecular formula is C58H102NO8+. The summed E-state index contributed by atoms with van der Waals surface area (Å²) in [5.41, 5.74) is 0. The summed E-state index contributed by atoms with van der Waals surface area (Å²) >= 11 is 0. The van der Waals surface area contributed by atoms with Gasteiger partial charge in [0, 0.05) is 12.8 Å². The lowest BCUT2D eigenvalue weighted by atomic mass is 10.0. The van der Waals surface area contributed by atoms with Crippen LogP contribution in [0.5, 0.6) is 0 Å². The summed E-state index contributed by atoms with van der Waals surface area (Å²) in [7, 11) is 5.96. The molecule has 0 aliphatic carbocycles. The van der Waals surface area contributed by atoms with Crippen molar-refractivity contribution in [3.05, 3.63) is 72.9 Å². The largest absolute Gasteiger partial charge is 0.477 e. The molecule has 0 rings (SSSR count). The van der Waals surface area contributed by atoms with Crippen LogP contribution in [-0.2, 0) is 33.3 Å². The first kappa shape index (κ1) is 63.7. The molecule has 0 aromatic carbocycles. The van der Waals surface area contributed by atoms with Crippen LogP contribution in [0.25, 0.3) is 0 Å². The fraction of sp³-hybridized carbons (Fsp3) is 0.741. The Kier molecular flexibility index (Phi) is 46.8. The molecule has 0 bridgehead atoms. The Morgan fingerprint density at radius 3 is 1.28 bits per heavy atom. The van der Waals surface area contributed by atoms with Crippen molar-refractivity contribution in [2.75, 3.05) is 47.5 Å². The topological polar surface area (TPSA) is 108 Å². The highest BCUT2D eigenvalue weighted by molar-refractivity contribution is 5.71. The number of carboxylic acid groups (broad SMARTS) is 1. The van der Waals surface area contributed by atoms with Crippen LogP contribution >= 0.6 is 0 Å². The van der Waals surface area contributed by atoms with E-state index in [-0.39, 0.29) is 32.2 Å². The third-order valence-electron chi connectivity index (χ3n) is 11.4. The highest BCUT2D eigenvalue weighted by atomic mass is 16.7. The average Bonchev–Trinajstić information content (AvgIpc) is 3.29. The van der Waals surface area contributed by atoms with Crippen LogP contribution in [0.4, 0.5) is 0 Å². The van der Waals surface area contributed by atoms with E-state index in [0.29, 0.717) is 23.9 Å². The van der Waals surface area contributed by atoms with Crippen LogP contribution in [0, 0.1) is 0 Å². The van der Waals surface area contributed by atoms with Gasteiger partial charge in [-0.25, -0.2) is 4.79 Å². The molecule has 0 aliphatic heterocycles. The van der Waals surface area contributed by atoms with Crippen molar-refractivity contribution in [1.29, 1.82) is 0 Å². The molecule has 0 saturated carbocycles. The van der Waals surface area contributed by atoms with Crippen molar-refractivity contribution in [2.24, 2.45) is 0 Å². The number of carboxylic acids is 1. The average molecular weight is 941 g/mol. The number of hydrogen-bond acceptors (Lipinski definition) is 7. The number of esters is 2. The second-order valence-corrected chi connectivity index (χ2v) is 19.2. The zero-order chi connectivity index (χ0) is 49.2. The Bertz CT molecular complexity index is 1330. The summed E-state index contributed by atoms with van der Waals surface area (Å²) < 4.78 is 22.8. The summed E-state index contributed by atoms with van der Waals surface area (Å²) in [4.78, 5) is 37.3. The van der Waals surface area contributed by atoms with Crippen molar-refractivity contribution < 1.29 is 42.9 Å². The molecule has 2 unspecified atom stereocenters. The molecule has 0 amide bonds. The Balaban J connectivity index is 4.21. The normalized spacial score (nSPS) is 13.4. The second-order valence-electron chi connectivity index (χ2n) is 19.2. The van der Waals surface area contributed by atoms with Gasteiger partial charge in [-0.3, -0.25) is 9.59 Å². The van der Waals surface area contributed by atoms with Gasteiger partial charge in [0.2, 0.25) is 0 Å². The van der Waals surface area contributed by atoms with E-state index in [0.717, 1.165) is 83.5 Å². The van der Waals surface area contributed by atoms with Gasteiger partial charge in [0.25, 0.3) is 6.29 Å². The molecule has 0 aromatic heterocycles. The van der Waals surface area contributed by atoms with E-state index in [4.69, 9.17) is 18.9 Å². The molecular weight excluding hydrogens is 839 g/mol. The molecule has 386 valence electrons. The molecule has 0 fully saturated rings. The van der Waals surface area contributed by atoms with Gasteiger partial charge in [-0.15, -0.1) is 0 Å². The minimum atomic E-state index is -1.51. The predicted molar refractivity (Wildman–Crippen MR) is 281 cm³/mol. The van der Waals surface area contributed by atoms with Crippen LogP contribution in [0.3, 0.4) is 0 Å². The maximum atomic E-state index is 12.8. The number of rotatable bonds is 49. The van der Waals surface area contributed by atoms with Gasteiger partial charge in [-0.05, 0) is 83.5 Å². The standard InChI is InChI=1S/C58H101NO8/c1-6-8-10-12-14-16-18-20-21-22-23-24-25-26-27-28-29-30-31-32-33-34-35-37-39-41-43-45-47-49-56(61)67-54(53-66-58(57(62)63)64-51-50-59(3,4)5)52-65-55(60)48-46-44-42-40-38-36-19-17-15-13-11-9-7-2/h8,10,14,16-17,19-21,23-24,26-27,54,58H,6-7,9,11-13,15,18,22,25,28-53H2,1-5H3/p+1/b10-8-,16-14-,19-17-,21-20-,24-23-,27-26-. The smallest absolute Gasteiger partial charge is 0.361 e. The number of hydrogen-bond donors (Lipinski definition) is 1. The molecule has 0 saturated heterocycles. The molecule has 0 spiro atoms. The first-order chi connectivity index (χ1) is 32.6. The lowest BCUT2D eigenvalue weighted by Gasteiger charge is -2.25. The quantitative estimate of drug-likeness (QED) is 0.0211. The van der Waals surface area contributed by atoms with Crippen molar-refractivity contribution in [3.8, 4) is 0 Å². The lowest BCUT2D eigenvalue weighted by Crippen LogP contribution is -2.40. The summed E-state index contributed by atoms with van der Waals surface area (Å²) in [5, 5.41) is 9.67. The van der Waals surface area contributed by atoms with Gasteiger partial charge < -0.3 is 28.5 Å². The molecule has 0 aliphatic rings. The lowest BCUT2D eigenvalue weighted by molar-refractivity contribution is -0.870. The number of nitrogens with zero attached hydrogens (tertiary/aromatic N) is 1. The van der Waals surface area contributed by atoms with Crippen LogP contribution in [0.1, 0.15) is 219 Å². The monoisotopic (exact) mass is 941 g/mol. The first-order valence-electron chi connectivity index (χ1n) is 27.1. The number of likely N-dealkylation sites (N-methyl/N-ethyl adjacent to an activating group) is 1. The van der Waals surface area contributed by atoms with Gasteiger partial charge >= 0.3 is 17.9 Å². The van der Waals surface area contributed by atoms with E-state index >= 15 is 0 Å². The van der Waals surface area contributed by atoms with Crippen molar-refractivity contribution >= 4 is 17.9 Å². The Labute approximate surface area is 411 Å². The van der Waals surface area contributed by atoms with Crippen LogP contribution in [-0.4, -0.2) is 87.4 Å². The molecule has 0 aromatic rings. The predicted octanol–water partition coefficient (Wildman–Crippen LogP) is 15.5. The van der Waals surface area contributed by atoms with E-state index in [9.17, 15) is 19.5 Å². The van der Waals surface area contributed by atoms with E-state index in [1.807, 2.05) is 21.1 Å². The summed E-state index contributed by atoms with van der Waals surface area (Å²) in [5.74, 6) is -2.02. The SMILES string of the molecule is CC/C=C\C/C=C\C/C=C\C/C=C\C/C=C\CCCCCCCCCCCCCCCC(=O)OC(COC(=O)CCCCCCC/C=C\CCCCCC)COC(OCC[N+](C)(C)C)C(=O)O. The van der Waals surface area contributed by atoms with Gasteiger partial charge in [0.05, 0.1) is 34.4 Å². The van der Waals surface area contributed by atoms with E-state index in [1.54, 1.807) is 0 Å². The number of carbonyl (C=O) groups is 3. The van der Waals surface area contributed by atoms with Crippen molar-refractivity contribution in [3.63, 3.8) is 0 Å². The van der Waals surface area contributed by atoms with Crippen molar-refractivity contribution in [1.82, 2.24) is 0 Å². The van der Waals surface area contributed by atoms with Crippen LogP contribution in [0.2, 0.25) is 0 Å². The Morgan fingerprint density at radius 1 is 0.463 bits per heavy atom. The number of carbonyl (C=O) groups excluding carboxylic acids is 2. The fourth-order valence-electron chi connectivity index (χ4n) is 7.27. The molecule has 0 heterocycles. The molecule has 0 radical (unpaired) electrons. The molecule has 9 nitrogen and oxygen atoms in total. The summed E-state index contributed by atoms with van der Waals surface area (Å²) in [6.07, 6.45) is 59.7.